The highest BCUT2D eigenvalue weighted by molar-refractivity contribution is 7.94. The first-order valence-electron chi connectivity index (χ1n) is 22.8. The van der Waals surface area contributed by atoms with Crippen LogP contribution in [0.5, 0.6) is 0 Å². The summed E-state index contributed by atoms with van der Waals surface area (Å²) in [5.41, 5.74) is 0. The van der Waals surface area contributed by atoms with Crippen molar-refractivity contribution in [3.8, 4) is 0 Å². The molecule has 22 rings (SSSR count). The normalized spacial score (nSPS) is 52.8. The van der Waals surface area contributed by atoms with Crippen LogP contribution in [0.2, 0.25) is 0 Å². The van der Waals surface area contributed by atoms with Crippen LogP contribution in [0.1, 0.15) is 6.92 Å². The molecule has 0 aromatic carbocycles. The third-order valence-corrected chi connectivity index (χ3v) is 14.1. The van der Waals surface area contributed by atoms with Gasteiger partial charge in [-0.25, -0.2) is 0 Å². The van der Waals surface area contributed by atoms with E-state index in [1.165, 1.54) is 6.92 Å². The summed E-state index contributed by atoms with van der Waals surface area (Å²) in [7, 11) is 0. The van der Waals surface area contributed by atoms with Crippen LogP contribution in [0.25, 0.3) is 0 Å². The topological polar surface area (TPSA) is 484 Å². The Labute approximate surface area is 407 Å². The molecule has 12 bridgehead atoms. The third-order valence-electron chi connectivity index (χ3n) is 13.1. The molecule has 22 fully saturated rings. The maximum atomic E-state index is 11.7. The maximum absolute atomic E-state index is 11.7. The summed E-state index contributed by atoms with van der Waals surface area (Å²) in [6.07, 6.45) is -58.8. The van der Waals surface area contributed by atoms with Gasteiger partial charge in [0.05, 0.1) is 45.7 Å². The quantitative estimate of drug-likeness (QED) is 0.0903. The van der Waals surface area contributed by atoms with E-state index in [4.69, 9.17) is 61.0 Å². The molecule has 31 nitrogen and oxygen atoms in total. The van der Waals surface area contributed by atoms with E-state index in [0.29, 0.717) is 12.0 Å². The van der Waals surface area contributed by atoms with E-state index < -0.39 is 230 Å². The highest BCUT2D eigenvalue weighted by atomic mass is 32.2. The first-order valence-corrected chi connectivity index (χ1v) is 23.7. The van der Waals surface area contributed by atoms with Gasteiger partial charge in [0.15, 0.2) is 37.7 Å². The van der Waals surface area contributed by atoms with Crippen LogP contribution < -0.4 is 0 Å². The van der Waals surface area contributed by atoms with Gasteiger partial charge >= 0.3 is 0 Å². The zero-order valence-electron chi connectivity index (χ0n) is 37.6. The summed E-state index contributed by atoms with van der Waals surface area (Å²) in [5.74, 6) is -0.116. The average molecular weight is 1060 g/mol. The molecule has 0 aliphatic carbocycles. The van der Waals surface area contributed by atoms with Gasteiger partial charge in [0, 0.05) is 5.75 Å². The Hall–Kier alpha value is -0.890. The van der Waals surface area contributed by atoms with Crippen molar-refractivity contribution in [3.05, 3.63) is 0 Å². The van der Waals surface area contributed by atoms with Crippen molar-refractivity contribution in [1.82, 2.24) is 0 Å². The first-order chi connectivity index (χ1) is 33.8. The second-order valence-corrected chi connectivity index (χ2v) is 18.8. The molecule has 414 valence electrons. The van der Waals surface area contributed by atoms with Crippen LogP contribution in [-0.4, -0.2) is 328 Å². The second kappa shape index (κ2) is 25.1. The van der Waals surface area contributed by atoms with Gasteiger partial charge in [-0.05, 0) is 19.0 Å². The van der Waals surface area contributed by atoms with Gasteiger partial charge in [-0.3, -0.25) is 0 Å². The molecule has 32 heteroatoms. The summed E-state index contributed by atoms with van der Waals surface area (Å²) in [6, 6.07) is 0. The van der Waals surface area contributed by atoms with Gasteiger partial charge in [-0.2, -0.15) is 0 Å². The lowest BCUT2D eigenvalue weighted by atomic mass is 9.94. The largest absolute Gasteiger partial charge is 0.394 e. The van der Waals surface area contributed by atoms with Gasteiger partial charge < -0.3 is 153 Å². The zero-order valence-corrected chi connectivity index (χ0v) is 38.4. The predicted octanol–water partition coefficient (Wildman–Crippen LogP) is -12.0. The minimum Gasteiger partial charge on any atom is -0.394 e. The molecule has 0 aromatic rings. The number of hydrogen-bond donors (Lipinski definition) is 18. The molecular weight excluding hydrogens is 996 g/mol. The van der Waals surface area contributed by atoms with Crippen LogP contribution >= 0.6 is 12.0 Å². The zero-order chi connectivity index (χ0) is 51.7. The van der Waals surface area contributed by atoms with Crippen LogP contribution in [0, 0.1) is 0 Å². The monoisotopic (exact) mass is 1060 g/mol. The Morgan fingerprint density at radius 2 is 0.535 bits per heavy atom. The lowest BCUT2D eigenvalue weighted by molar-refractivity contribution is -0.403. The van der Waals surface area contributed by atoms with E-state index in [1.54, 1.807) is 0 Å². The second-order valence-electron chi connectivity index (χ2n) is 18.0. The third kappa shape index (κ3) is 12.0. The summed E-state index contributed by atoms with van der Waals surface area (Å²) in [4.78, 5) is 0. The van der Waals surface area contributed by atoms with Crippen molar-refractivity contribution in [2.24, 2.45) is 0 Å². The van der Waals surface area contributed by atoms with E-state index >= 15 is 0 Å². The van der Waals surface area contributed by atoms with Gasteiger partial charge in [0.2, 0.25) is 0 Å². The molecule has 31 atom stereocenters. The summed E-state index contributed by atoms with van der Waals surface area (Å²) < 4.78 is 75.0. The Morgan fingerprint density at radius 3 is 0.761 bits per heavy atom. The van der Waals surface area contributed by atoms with Gasteiger partial charge in [0.1, 0.15) is 146 Å². The van der Waals surface area contributed by atoms with Gasteiger partial charge in [-0.15, -0.1) is 0 Å². The number of rotatable bonds is 10. The predicted molar refractivity (Wildman–Crippen MR) is 219 cm³/mol. The highest BCUT2D eigenvalue weighted by Crippen LogP contribution is 2.39. The maximum Gasteiger partial charge on any atom is 0.187 e. The molecule has 22 aliphatic rings. The van der Waals surface area contributed by atoms with Gasteiger partial charge in [0.25, 0.3) is 0 Å². The van der Waals surface area contributed by atoms with Crippen LogP contribution in [0.15, 0.2) is 0 Å². The number of aliphatic hydroxyl groups is 18. The molecule has 18 N–H and O–H groups in total. The Bertz CT molecular complexity index is 1620. The van der Waals surface area contributed by atoms with E-state index in [9.17, 15) is 91.9 Å². The smallest absolute Gasteiger partial charge is 0.187 e. The Kier molecular flexibility index (Phi) is 20.4. The van der Waals surface area contributed by atoms with E-state index in [1.807, 2.05) is 0 Å². The Morgan fingerprint density at radius 1 is 0.324 bits per heavy atom. The van der Waals surface area contributed by atoms with Crippen molar-refractivity contribution >= 4 is 12.0 Å². The van der Waals surface area contributed by atoms with Crippen molar-refractivity contribution in [2.75, 3.05) is 45.4 Å². The van der Waals surface area contributed by atoms with Crippen molar-refractivity contribution in [3.63, 3.8) is 0 Å². The fourth-order valence-electron chi connectivity index (χ4n) is 9.24. The molecule has 0 aromatic heterocycles. The lowest BCUT2D eigenvalue weighted by Gasteiger charge is -2.51. The summed E-state index contributed by atoms with van der Waals surface area (Å²) >= 11 is 0.600. The molecule has 71 heavy (non-hydrogen) atoms. The first kappa shape index (κ1) is 57.8. The fourth-order valence-corrected chi connectivity index (χ4v) is 9.89. The fraction of sp³-hybridized carbons (Fsp3) is 1.00. The SMILES string of the molecule is CC(O)CSO[C@@H]1[C@@H](O)[C@H]2O[C@H]3[C@H](O)[C@@H](O)[C@@H](O[C@H]4[C@H](O)[C@@H](O)[C@@H](O[C@H]5[C@H](O)[C@@H](O)[C@@H](O[C@H]6[C@H](O)[C@@H](O)[C@@H](O[C@H]7[C@H](O)[C@@H](O)[C@@H](O[C@H]1[C@@H](CO)O2)O[C@@H]7CO)O[C@@H]6CO)O[C@@H]5CO)O[C@@H]4CO)O[C@@H]3CO. The van der Waals surface area contributed by atoms with Crippen LogP contribution in [0.4, 0.5) is 0 Å². The van der Waals surface area contributed by atoms with E-state index in [2.05, 4.69) is 0 Å². The number of hydrogen-bond acceptors (Lipinski definition) is 32. The minimum absolute atomic E-state index is 0.116. The average Bonchev–Trinajstić information content (AvgIpc) is 3.35. The molecule has 22 saturated heterocycles. The molecule has 0 saturated carbocycles. The van der Waals surface area contributed by atoms with Crippen LogP contribution in [0.3, 0.4) is 0 Å². The molecule has 22 aliphatic heterocycles. The molecule has 0 radical (unpaired) electrons. The molecule has 1 unspecified atom stereocenters. The number of ether oxygens (including phenoxy) is 12. The summed E-state index contributed by atoms with van der Waals surface area (Å²) in [6.45, 7) is -4.56. The molecular formula is C39H66O31S. The molecule has 0 spiro atoms. The Balaban J connectivity index is 1.22. The van der Waals surface area contributed by atoms with Crippen molar-refractivity contribution in [1.29, 1.82) is 0 Å². The van der Waals surface area contributed by atoms with Crippen molar-refractivity contribution < 1.29 is 153 Å². The van der Waals surface area contributed by atoms with Crippen molar-refractivity contribution in [2.45, 2.75) is 197 Å². The lowest BCUT2D eigenvalue weighted by Crippen LogP contribution is -2.69. The van der Waals surface area contributed by atoms with Gasteiger partial charge in [-0.1, -0.05) is 0 Å². The molecule has 0 amide bonds. The molecule has 22 heterocycles. The standard InChI is InChI=1S/C39H66O31S/c1-9(46)8-71-70-33-26(57)39-63-15(7-45)32(33)69-38-25(56)20(51)30(13(5-43)62-38)67-36-23(54)18(49)28(11(3-41)60-36)65-34-21(52)16(47)27(10(2-40)58-34)64-35-22(53)17(48)29(12(4-42)59-35)66-37-24(55)19(50)31(68-39)14(6-44)61-37/h9-57H,2-8H2,1H3/t9?,10-,11-,12-,13-,14-,15-,16-,17-,18-,19-,20-,21-,22-,23-,24-,25-,26-,27-,28-,29-,30-,31-,32+,33-,34-,35-,36-,37-,38-,39-/m1/s1. The number of aliphatic hydroxyl groups excluding tert-OH is 18. The van der Waals surface area contributed by atoms with E-state index in [-0.39, 0.29) is 5.75 Å². The van der Waals surface area contributed by atoms with Crippen LogP contribution in [-0.2, 0) is 61.0 Å². The minimum atomic E-state index is -2.16. The van der Waals surface area contributed by atoms with E-state index in [0.717, 1.165) is 0 Å². The summed E-state index contributed by atoms with van der Waals surface area (Å²) in [5, 5.41) is 197. The highest BCUT2D eigenvalue weighted by Gasteiger charge is 2.59.